The molecule has 0 aromatic heterocycles. The smallest absolute Gasteiger partial charge is 0.256 e. The molecular formula is C15H11N3O2. The molecule has 2 aromatic carbocycles. The highest BCUT2D eigenvalue weighted by Gasteiger charge is 2.37. The van der Waals surface area contributed by atoms with Crippen molar-refractivity contribution in [1.29, 1.82) is 0 Å². The quantitative estimate of drug-likeness (QED) is 0.760. The van der Waals surface area contributed by atoms with Crippen LogP contribution >= 0.6 is 0 Å². The molecule has 2 aliphatic rings. The van der Waals surface area contributed by atoms with Gasteiger partial charge in [-0.05, 0) is 24.3 Å². The lowest BCUT2D eigenvalue weighted by atomic mass is 10.0. The average Bonchev–Trinajstić information content (AvgIpc) is 2.47. The van der Waals surface area contributed by atoms with Crippen LogP contribution in [0.3, 0.4) is 0 Å². The summed E-state index contributed by atoms with van der Waals surface area (Å²) >= 11 is 0. The van der Waals surface area contributed by atoms with Crippen molar-refractivity contribution in [1.82, 2.24) is 10.6 Å². The number of para-hydroxylation sites is 2. The van der Waals surface area contributed by atoms with Crippen molar-refractivity contribution in [2.24, 2.45) is 0 Å². The summed E-state index contributed by atoms with van der Waals surface area (Å²) in [5.41, 5.74) is 2.81. The van der Waals surface area contributed by atoms with E-state index >= 15 is 0 Å². The van der Waals surface area contributed by atoms with Crippen LogP contribution in [-0.4, -0.2) is 18.1 Å². The van der Waals surface area contributed by atoms with E-state index in [1.807, 2.05) is 41.3 Å². The standard InChI is InChI=1S/C15H11N3O2/c19-13-9-5-1-3-7-11(9)18-12-8-4-2-6-10(12)14(20)17-15(18)16-13/h1-8,15H,(H,16,19)(H,17,20). The van der Waals surface area contributed by atoms with E-state index in [1.54, 1.807) is 12.1 Å². The molecule has 2 heterocycles. The normalized spacial score (nSPS) is 16.7. The van der Waals surface area contributed by atoms with Crippen LogP contribution in [0.5, 0.6) is 0 Å². The number of hydrogen-bond acceptors (Lipinski definition) is 3. The van der Waals surface area contributed by atoms with Gasteiger partial charge >= 0.3 is 0 Å². The van der Waals surface area contributed by atoms with Crippen molar-refractivity contribution in [3.63, 3.8) is 0 Å². The monoisotopic (exact) mass is 265 g/mol. The summed E-state index contributed by atoms with van der Waals surface area (Å²) in [7, 11) is 0. The number of anilines is 2. The highest BCUT2D eigenvalue weighted by molar-refractivity contribution is 6.08. The Morgan fingerprint density at radius 1 is 0.750 bits per heavy atom. The lowest BCUT2D eigenvalue weighted by Gasteiger charge is -2.42. The summed E-state index contributed by atoms with van der Waals surface area (Å²) in [6.45, 7) is 0. The van der Waals surface area contributed by atoms with Crippen molar-refractivity contribution in [3.8, 4) is 0 Å². The van der Waals surface area contributed by atoms with Gasteiger partial charge in [-0.1, -0.05) is 24.3 Å². The van der Waals surface area contributed by atoms with Gasteiger partial charge < -0.3 is 15.5 Å². The van der Waals surface area contributed by atoms with Crippen molar-refractivity contribution in [2.45, 2.75) is 6.29 Å². The minimum absolute atomic E-state index is 0.179. The second kappa shape index (κ2) is 3.84. The molecule has 20 heavy (non-hydrogen) atoms. The van der Waals surface area contributed by atoms with Crippen molar-refractivity contribution in [2.75, 3.05) is 4.90 Å². The summed E-state index contributed by atoms with van der Waals surface area (Å²) in [5.74, 6) is -0.358. The van der Waals surface area contributed by atoms with Crippen molar-refractivity contribution >= 4 is 23.2 Å². The Bertz CT molecular complexity index is 680. The zero-order chi connectivity index (χ0) is 13.7. The number of fused-ring (bicyclic) bond motifs is 5. The fraction of sp³-hybridized carbons (Fsp3) is 0.0667. The molecular weight excluding hydrogens is 254 g/mol. The fourth-order valence-electron chi connectivity index (χ4n) is 2.73. The molecule has 98 valence electrons. The zero-order valence-electron chi connectivity index (χ0n) is 10.5. The van der Waals surface area contributed by atoms with Crippen LogP contribution in [0.15, 0.2) is 48.5 Å². The molecule has 0 atom stereocenters. The fourth-order valence-corrected chi connectivity index (χ4v) is 2.73. The van der Waals surface area contributed by atoms with Gasteiger partial charge in [-0.25, -0.2) is 0 Å². The maximum atomic E-state index is 12.1. The van der Waals surface area contributed by atoms with Gasteiger partial charge in [0.05, 0.1) is 22.5 Å². The molecule has 2 aliphatic heterocycles. The Kier molecular flexibility index (Phi) is 2.12. The van der Waals surface area contributed by atoms with Gasteiger partial charge in [0.15, 0.2) is 6.29 Å². The minimum Gasteiger partial charge on any atom is -0.314 e. The van der Waals surface area contributed by atoms with Crippen molar-refractivity contribution < 1.29 is 9.59 Å². The number of carbonyl (C=O) groups is 2. The van der Waals surface area contributed by atoms with Crippen LogP contribution in [0, 0.1) is 0 Å². The van der Waals surface area contributed by atoms with E-state index in [0.717, 1.165) is 11.4 Å². The highest BCUT2D eigenvalue weighted by atomic mass is 16.2. The van der Waals surface area contributed by atoms with E-state index in [-0.39, 0.29) is 11.8 Å². The highest BCUT2D eigenvalue weighted by Crippen LogP contribution is 2.36. The molecule has 0 saturated heterocycles. The minimum atomic E-state index is -0.542. The predicted octanol–water partition coefficient (Wildman–Crippen LogP) is 1.60. The Hall–Kier alpha value is -2.82. The third-order valence-corrected chi connectivity index (χ3v) is 3.61. The first-order valence-electron chi connectivity index (χ1n) is 6.35. The number of rotatable bonds is 0. The SMILES string of the molecule is O=C1NC2NC(=O)c3ccccc3N2c2ccccc21. The largest absolute Gasteiger partial charge is 0.314 e. The summed E-state index contributed by atoms with van der Waals surface area (Å²) in [6.07, 6.45) is -0.542. The van der Waals surface area contributed by atoms with Gasteiger partial charge in [-0.2, -0.15) is 0 Å². The Morgan fingerprint density at radius 3 is 1.70 bits per heavy atom. The lowest BCUT2D eigenvalue weighted by molar-refractivity contribution is 0.0868. The van der Waals surface area contributed by atoms with Crippen LogP contribution in [0.25, 0.3) is 0 Å². The maximum Gasteiger partial charge on any atom is 0.256 e. The van der Waals surface area contributed by atoms with Crippen LogP contribution in [0.1, 0.15) is 20.7 Å². The van der Waals surface area contributed by atoms with E-state index in [9.17, 15) is 9.59 Å². The number of nitrogens with zero attached hydrogens (tertiary/aromatic N) is 1. The van der Waals surface area contributed by atoms with Gasteiger partial charge in [0, 0.05) is 0 Å². The van der Waals surface area contributed by atoms with Gasteiger partial charge in [0.2, 0.25) is 0 Å². The molecule has 0 bridgehead atoms. The van der Waals surface area contributed by atoms with E-state index in [2.05, 4.69) is 10.6 Å². The van der Waals surface area contributed by atoms with E-state index in [1.165, 1.54) is 0 Å². The number of amides is 2. The van der Waals surface area contributed by atoms with Crippen LogP contribution in [0.4, 0.5) is 11.4 Å². The predicted molar refractivity (Wildman–Crippen MR) is 73.7 cm³/mol. The molecule has 0 unspecified atom stereocenters. The molecule has 4 rings (SSSR count). The number of hydrogen-bond donors (Lipinski definition) is 2. The Morgan fingerprint density at radius 2 is 1.20 bits per heavy atom. The van der Waals surface area contributed by atoms with Crippen LogP contribution in [-0.2, 0) is 0 Å². The first kappa shape index (κ1) is 11.0. The molecule has 0 aliphatic carbocycles. The number of carbonyl (C=O) groups excluding carboxylic acids is 2. The summed E-state index contributed by atoms with van der Waals surface area (Å²) in [6, 6.07) is 14.7. The molecule has 0 saturated carbocycles. The third-order valence-electron chi connectivity index (χ3n) is 3.61. The summed E-state index contributed by atoms with van der Waals surface area (Å²) < 4.78 is 0. The molecule has 2 aromatic rings. The van der Waals surface area contributed by atoms with Crippen LogP contribution in [0.2, 0.25) is 0 Å². The molecule has 0 radical (unpaired) electrons. The van der Waals surface area contributed by atoms with Gasteiger partial charge in [-0.3, -0.25) is 9.59 Å². The molecule has 5 nitrogen and oxygen atoms in total. The van der Waals surface area contributed by atoms with Crippen molar-refractivity contribution in [3.05, 3.63) is 59.7 Å². The lowest BCUT2D eigenvalue weighted by Crippen LogP contribution is -2.62. The third kappa shape index (κ3) is 1.37. The molecule has 0 spiro atoms. The average molecular weight is 265 g/mol. The Labute approximate surface area is 115 Å². The van der Waals surface area contributed by atoms with Gasteiger partial charge in [0.1, 0.15) is 0 Å². The number of benzene rings is 2. The first-order valence-corrected chi connectivity index (χ1v) is 6.35. The zero-order valence-corrected chi connectivity index (χ0v) is 10.5. The second-order valence-electron chi connectivity index (χ2n) is 4.75. The summed E-state index contributed by atoms with van der Waals surface area (Å²) in [5, 5.41) is 5.60. The first-order chi connectivity index (χ1) is 9.75. The van der Waals surface area contributed by atoms with E-state index in [0.29, 0.717) is 11.1 Å². The second-order valence-corrected chi connectivity index (χ2v) is 4.75. The summed E-state index contributed by atoms with van der Waals surface area (Å²) in [4.78, 5) is 26.1. The van der Waals surface area contributed by atoms with E-state index < -0.39 is 6.29 Å². The van der Waals surface area contributed by atoms with Gasteiger partial charge in [0.25, 0.3) is 11.8 Å². The Balaban J connectivity index is 1.98. The van der Waals surface area contributed by atoms with Crippen LogP contribution < -0.4 is 15.5 Å². The van der Waals surface area contributed by atoms with Gasteiger partial charge in [-0.15, -0.1) is 0 Å². The molecule has 2 amide bonds. The molecule has 0 fully saturated rings. The topological polar surface area (TPSA) is 61.4 Å². The molecule has 2 N–H and O–H groups in total. The number of nitrogens with one attached hydrogen (secondary N) is 2. The maximum absolute atomic E-state index is 12.1. The van der Waals surface area contributed by atoms with E-state index in [4.69, 9.17) is 0 Å². The molecule has 5 heteroatoms.